The fourth-order valence-corrected chi connectivity index (χ4v) is 2.82. The number of hydrogen-bond donors (Lipinski definition) is 0. The zero-order valence-electron chi connectivity index (χ0n) is 14.9. The summed E-state index contributed by atoms with van der Waals surface area (Å²) in [6.45, 7) is 5.62. The molecule has 1 amide bonds. The third kappa shape index (κ3) is 6.01. The van der Waals surface area contributed by atoms with E-state index in [9.17, 15) is 14.0 Å². The Morgan fingerprint density at radius 3 is 2.40 bits per heavy atom. The van der Waals surface area contributed by atoms with Crippen LogP contribution in [0.4, 0.5) is 10.1 Å². The van der Waals surface area contributed by atoms with Gasteiger partial charge in [-0.3, -0.25) is 14.5 Å². The first-order valence-electron chi connectivity index (χ1n) is 8.62. The van der Waals surface area contributed by atoms with Gasteiger partial charge in [0.2, 0.25) is 5.91 Å². The van der Waals surface area contributed by atoms with Gasteiger partial charge < -0.3 is 14.5 Å². The minimum atomic E-state index is -0.273. The van der Waals surface area contributed by atoms with Crippen LogP contribution in [0.15, 0.2) is 24.3 Å². The molecule has 138 valence electrons. The van der Waals surface area contributed by atoms with Gasteiger partial charge in [-0.1, -0.05) is 0 Å². The Hall–Kier alpha value is -2.15. The molecule has 2 rings (SSSR count). The van der Waals surface area contributed by atoms with Crippen LogP contribution in [0.1, 0.15) is 13.3 Å². The van der Waals surface area contributed by atoms with Gasteiger partial charge in [-0.25, -0.2) is 4.39 Å². The SMILES string of the molecule is CCOC(=O)CN(C)CCC(=O)N1CCN(c2ccc(F)cc2)CC1. The van der Waals surface area contributed by atoms with Crippen molar-refractivity contribution in [3.05, 3.63) is 30.1 Å². The summed E-state index contributed by atoms with van der Waals surface area (Å²) >= 11 is 0. The van der Waals surface area contributed by atoms with Crippen LogP contribution in [0.3, 0.4) is 0 Å². The lowest BCUT2D eigenvalue weighted by atomic mass is 10.2. The molecule has 0 unspecified atom stereocenters. The molecule has 0 saturated carbocycles. The van der Waals surface area contributed by atoms with Crippen molar-refractivity contribution in [1.29, 1.82) is 0 Å². The summed E-state index contributed by atoms with van der Waals surface area (Å²) < 4.78 is 17.9. The molecule has 7 heteroatoms. The van der Waals surface area contributed by atoms with Crippen molar-refractivity contribution in [2.75, 3.05) is 57.8 Å². The number of amides is 1. The summed E-state index contributed by atoms with van der Waals surface area (Å²) in [5.41, 5.74) is 0.975. The van der Waals surface area contributed by atoms with Crippen LogP contribution >= 0.6 is 0 Å². The number of carbonyl (C=O) groups excluding carboxylic acids is 2. The molecule has 1 saturated heterocycles. The number of nitrogens with zero attached hydrogens (tertiary/aromatic N) is 3. The van der Waals surface area contributed by atoms with E-state index >= 15 is 0 Å². The summed E-state index contributed by atoms with van der Waals surface area (Å²) in [5, 5.41) is 0. The standard InChI is InChI=1S/C18H26FN3O3/c1-3-25-18(24)14-20(2)9-8-17(23)22-12-10-21(11-13-22)16-6-4-15(19)5-7-16/h4-7H,3,8-14H2,1-2H3. The largest absolute Gasteiger partial charge is 0.465 e. The van der Waals surface area contributed by atoms with E-state index in [-0.39, 0.29) is 24.2 Å². The third-order valence-electron chi connectivity index (χ3n) is 4.24. The van der Waals surface area contributed by atoms with E-state index in [2.05, 4.69) is 4.90 Å². The molecule has 0 spiro atoms. The van der Waals surface area contributed by atoms with Gasteiger partial charge >= 0.3 is 5.97 Å². The number of hydrogen-bond acceptors (Lipinski definition) is 5. The number of rotatable bonds is 7. The number of benzene rings is 1. The molecule has 1 heterocycles. The highest BCUT2D eigenvalue weighted by molar-refractivity contribution is 5.77. The van der Waals surface area contributed by atoms with Crippen molar-refractivity contribution in [2.45, 2.75) is 13.3 Å². The van der Waals surface area contributed by atoms with Gasteiger partial charge in [-0.05, 0) is 38.2 Å². The maximum absolute atomic E-state index is 13.0. The number of anilines is 1. The first-order valence-corrected chi connectivity index (χ1v) is 8.62. The molecule has 0 bridgehead atoms. The fourth-order valence-electron chi connectivity index (χ4n) is 2.82. The molecule has 1 aliphatic heterocycles. The van der Waals surface area contributed by atoms with Crippen LogP contribution < -0.4 is 4.90 Å². The monoisotopic (exact) mass is 351 g/mol. The van der Waals surface area contributed by atoms with Crippen LogP contribution in [-0.2, 0) is 14.3 Å². The Kier molecular flexibility index (Phi) is 7.18. The number of carbonyl (C=O) groups is 2. The zero-order valence-corrected chi connectivity index (χ0v) is 14.9. The van der Waals surface area contributed by atoms with E-state index in [0.717, 1.165) is 18.8 Å². The Bertz CT molecular complexity index is 571. The van der Waals surface area contributed by atoms with Crippen LogP contribution in [0.2, 0.25) is 0 Å². The van der Waals surface area contributed by atoms with E-state index < -0.39 is 0 Å². The van der Waals surface area contributed by atoms with Crippen molar-refractivity contribution in [3.8, 4) is 0 Å². The fraction of sp³-hybridized carbons (Fsp3) is 0.556. The summed E-state index contributed by atoms with van der Waals surface area (Å²) in [4.78, 5) is 29.5. The number of esters is 1. The quantitative estimate of drug-likeness (QED) is 0.695. The van der Waals surface area contributed by atoms with Gasteiger partial charge in [0.05, 0.1) is 13.2 Å². The Labute approximate surface area is 148 Å². The first kappa shape index (κ1) is 19.2. The summed E-state index contributed by atoms with van der Waals surface area (Å²) in [6, 6.07) is 6.42. The highest BCUT2D eigenvalue weighted by Crippen LogP contribution is 2.17. The molecular formula is C18H26FN3O3. The first-order chi connectivity index (χ1) is 12.0. The van der Waals surface area contributed by atoms with Gasteiger partial charge in [0.1, 0.15) is 5.82 Å². The van der Waals surface area contributed by atoms with Gasteiger partial charge in [0, 0.05) is 44.8 Å². The second kappa shape index (κ2) is 9.36. The van der Waals surface area contributed by atoms with Crippen molar-refractivity contribution < 1.29 is 18.7 Å². The predicted octanol–water partition coefficient (Wildman–Crippen LogP) is 1.36. The Morgan fingerprint density at radius 2 is 1.80 bits per heavy atom. The second-order valence-corrected chi connectivity index (χ2v) is 6.14. The van der Waals surface area contributed by atoms with Crippen LogP contribution in [-0.4, -0.2) is 74.6 Å². The molecule has 0 atom stereocenters. The number of piperazine rings is 1. The zero-order chi connectivity index (χ0) is 18.2. The van der Waals surface area contributed by atoms with Crippen molar-refractivity contribution >= 4 is 17.6 Å². The lowest BCUT2D eigenvalue weighted by Crippen LogP contribution is -2.49. The summed E-state index contributed by atoms with van der Waals surface area (Å²) in [5.74, 6) is -0.427. The number of ether oxygens (including phenoxy) is 1. The lowest BCUT2D eigenvalue weighted by Gasteiger charge is -2.36. The molecule has 1 aromatic carbocycles. The average molecular weight is 351 g/mol. The van der Waals surface area contributed by atoms with E-state index in [1.807, 2.05) is 4.90 Å². The van der Waals surface area contributed by atoms with Crippen molar-refractivity contribution in [3.63, 3.8) is 0 Å². The smallest absolute Gasteiger partial charge is 0.320 e. The van der Waals surface area contributed by atoms with Crippen molar-refractivity contribution in [1.82, 2.24) is 9.80 Å². The Morgan fingerprint density at radius 1 is 1.16 bits per heavy atom. The molecule has 0 aliphatic carbocycles. The van der Waals surface area contributed by atoms with Gasteiger partial charge in [-0.2, -0.15) is 0 Å². The second-order valence-electron chi connectivity index (χ2n) is 6.14. The average Bonchev–Trinajstić information content (AvgIpc) is 2.60. The molecule has 0 radical (unpaired) electrons. The Balaban J connectivity index is 1.72. The summed E-state index contributed by atoms with van der Waals surface area (Å²) in [7, 11) is 1.80. The van der Waals surface area contributed by atoms with Crippen LogP contribution in [0.25, 0.3) is 0 Å². The molecular weight excluding hydrogens is 325 g/mol. The molecule has 1 aromatic rings. The molecule has 6 nitrogen and oxygen atoms in total. The van der Waals surface area contributed by atoms with Crippen LogP contribution in [0, 0.1) is 5.82 Å². The molecule has 1 fully saturated rings. The highest BCUT2D eigenvalue weighted by Gasteiger charge is 2.21. The predicted molar refractivity (Wildman–Crippen MR) is 93.9 cm³/mol. The molecule has 25 heavy (non-hydrogen) atoms. The van der Waals surface area contributed by atoms with Crippen molar-refractivity contribution in [2.24, 2.45) is 0 Å². The van der Waals surface area contributed by atoms with E-state index in [4.69, 9.17) is 4.74 Å². The van der Waals surface area contributed by atoms with Gasteiger partial charge in [0.25, 0.3) is 0 Å². The van der Waals surface area contributed by atoms with E-state index in [0.29, 0.717) is 32.7 Å². The molecule has 0 aromatic heterocycles. The minimum absolute atomic E-state index is 0.0921. The number of halogens is 1. The van der Waals surface area contributed by atoms with E-state index in [1.54, 1.807) is 31.0 Å². The molecule has 1 aliphatic rings. The maximum Gasteiger partial charge on any atom is 0.320 e. The van der Waals surface area contributed by atoms with Crippen LogP contribution in [0.5, 0.6) is 0 Å². The maximum atomic E-state index is 13.0. The normalized spacial score (nSPS) is 14.7. The molecule has 0 N–H and O–H groups in total. The lowest BCUT2D eigenvalue weighted by molar-refractivity contribution is -0.144. The third-order valence-corrected chi connectivity index (χ3v) is 4.24. The summed E-state index contributed by atoms with van der Waals surface area (Å²) in [6.07, 6.45) is 0.381. The highest BCUT2D eigenvalue weighted by atomic mass is 19.1. The van der Waals surface area contributed by atoms with Gasteiger partial charge in [-0.15, -0.1) is 0 Å². The number of likely N-dealkylation sites (N-methyl/N-ethyl adjacent to an activating group) is 1. The minimum Gasteiger partial charge on any atom is -0.465 e. The van der Waals surface area contributed by atoms with E-state index in [1.165, 1.54) is 12.1 Å². The van der Waals surface area contributed by atoms with Gasteiger partial charge in [0.15, 0.2) is 0 Å². The topological polar surface area (TPSA) is 53.1 Å².